The summed E-state index contributed by atoms with van der Waals surface area (Å²) in [7, 11) is -5.19. The lowest BCUT2D eigenvalue weighted by Crippen LogP contribution is -2.26. The van der Waals surface area contributed by atoms with E-state index in [1.54, 1.807) is 12.5 Å². The topological polar surface area (TPSA) is 54.1 Å². The molecule has 0 bridgehead atoms. The minimum Gasteiger partial charge on any atom is -0.247 e. The van der Waals surface area contributed by atoms with Crippen LogP contribution in [0, 0.1) is 0 Å². The zero-order valence-corrected chi connectivity index (χ0v) is 20.4. The van der Waals surface area contributed by atoms with Gasteiger partial charge in [-0.1, -0.05) is 89.1 Å². The minimum atomic E-state index is -2.70. The molecule has 0 N–H and O–H groups in total. The van der Waals surface area contributed by atoms with Crippen molar-refractivity contribution < 1.29 is 4.21 Å². The molecule has 0 saturated carbocycles. The van der Waals surface area contributed by atoms with Crippen molar-refractivity contribution in [2.75, 3.05) is 12.5 Å². The molecule has 0 heterocycles. The summed E-state index contributed by atoms with van der Waals surface area (Å²) < 4.78 is 18.5. The van der Waals surface area contributed by atoms with Crippen LogP contribution in [0.15, 0.2) is 136 Å². The fourth-order valence-electron chi connectivity index (χ4n) is 3.79. The fourth-order valence-corrected chi connectivity index (χ4v) is 10.3. The molecule has 0 unspecified atom stereocenters. The van der Waals surface area contributed by atoms with Gasteiger partial charge in [0.25, 0.3) is 0 Å². The first-order valence-corrected chi connectivity index (χ1v) is 14.8. The Kier molecular flexibility index (Phi) is 7.12. The Hall–Kier alpha value is -3.14. The van der Waals surface area contributed by atoms with Crippen LogP contribution in [0.25, 0.3) is 0 Å². The van der Waals surface area contributed by atoms with Gasteiger partial charge in [-0.15, -0.1) is 5.11 Å². The van der Waals surface area contributed by atoms with E-state index >= 15 is 0 Å². The Morgan fingerprint density at radius 2 is 1.06 bits per heavy atom. The highest BCUT2D eigenvalue weighted by atomic mass is 32.2. The van der Waals surface area contributed by atoms with E-state index in [0.29, 0.717) is 0 Å². The van der Waals surface area contributed by atoms with Crippen LogP contribution in [0.4, 0.5) is 5.69 Å². The van der Waals surface area contributed by atoms with Crippen LogP contribution in [0.5, 0.6) is 0 Å². The molecule has 166 valence electrons. The average molecular weight is 473 g/mol. The molecular formula is C27H27N3OPS+. The zero-order chi connectivity index (χ0) is 23.2. The molecule has 1 atom stereocenters. The molecule has 4 rings (SSSR count). The summed E-state index contributed by atoms with van der Waals surface area (Å²) in [5.41, 5.74) is 1.76. The maximum absolute atomic E-state index is 13.3. The van der Waals surface area contributed by atoms with Crippen molar-refractivity contribution in [3.8, 4) is 0 Å². The third kappa shape index (κ3) is 5.44. The quantitative estimate of drug-likeness (QED) is 0.216. The number of rotatable bonds is 7. The van der Waals surface area contributed by atoms with Gasteiger partial charge in [0.05, 0.1) is 15.4 Å². The molecule has 0 aromatic heterocycles. The number of nitrogens with zero attached hydrogens (tertiary/aromatic N) is 3. The third-order valence-corrected chi connectivity index (χ3v) is 11.0. The molecule has 0 aliphatic carbocycles. The number of hydrogen-bond acceptors (Lipinski definition) is 4. The minimum absolute atomic E-state index is 0.426. The second-order valence-corrected chi connectivity index (χ2v) is 13.9. The maximum atomic E-state index is 13.3. The number of azo groups is 1. The summed E-state index contributed by atoms with van der Waals surface area (Å²) in [5.74, 6) is -0.426. The molecule has 0 aliphatic heterocycles. The standard InChI is InChI=1S/C27H27N3OPS/c1-33(2,31)30-32(25-19-11-5-12-20-25,26-21-13-6-14-22-26)27(23-15-7-3-8-16-23)29-28-24-17-9-4-10-18-24/h3-22,27H,1-2H3/q+1/t27-/m0/s1. The molecule has 0 aliphatic rings. The van der Waals surface area contributed by atoms with Crippen LogP contribution in [-0.2, 0) is 9.73 Å². The number of hydrogen-bond donors (Lipinski definition) is 0. The third-order valence-electron chi connectivity index (χ3n) is 5.12. The van der Waals surface area contributed by atoms with Gasteiger partial charge in [0.15, 0.2) is 0 Å². The summed E-state index contributed by atoms with van der Waals surface area (Å²) in [4.78, 5) is 0. The Labute approximate surface area is 197 Å². The van der Waals surface area contributed by atoms with E-state index in [0.717, 1.165) is 21.9 Å². The van der Waals surface area contributed by atoms with Gasteiger partial charge < -0.3 is 0 Å². The largest absolute Gasteiger partial charge is 0.247 e. The lowest BCUT2D eigenvalue weighted by molar-refractivity contribution is 0.685. The van der Waals surface area contributed by atoms with Crippen molar-refractivity contribution in [3.05, 3.63) is 127 Å². The predicted molar refractivity (Wildman–Crippen MR) is 142 cm³/mol. The molecule has 0 radical (unpaired) electrons. The lowest BCUT2D eigenvalue weighted by atomic mass is 10.2. The van der Waals surface area contributed by atoms with Crippen LogP contribution in [-0.4, -0.2) is 16.7 Å². The zero-order valence-electron chi connectivity index (χ0n) is 18.7. The Morgan fingerprint density at radius 3 is 1.52 bits per heavy atom. The van der Waals surface area contributed by atoms with Gasteiger partial charge in [-0.3, -0.25) is 0 Å². The van der Waals surface area contributed by atoms with Gasteiger partial charge in [-0.25, -0.2) is 4.21 Å². The van der Waals surface area contributed by atoms with E-state index in [1.165, 1.54) is 0 Å². The molecule has 6 heteroatoms. The van der Waals surface area contributed by atoms with Gasteiger partial charge >= 0.3 is 0 Å². The molecule has 0 amide bonds. The van der Waals surface area contributed by atoms with E-state index in [2.05, 4.69) is 41.5 Å². The van der Waals surface area contributed by atoms with E-state index in [4.69, 9.17) is 9.25 Å². The predicted octanol–water partition coefficient (Wildman–Crippen LogP) is 6.78. The summed E-state index contributed by atoms with van der Waals surface area (Å²) in [6.45, 7) is 0. The smallest absolute Gasteiger partial charge is 0.239 e. The fraction of sp³-hybridized carbons (Fsp3) is 0.111. The summed E-state index contributed by atoms with van der Waals surface area (Å²) in [6.07, 6.45) is 3.40. The average Bonchev–Trinajstić information content (AvgIpc) is 2.85. The van der Waals surface area contributed by atoms with Gasteiger partial charge in [-0.05, 0) is 36.4 Å². The Morgan fingerprint density at radius 1 is 0.636 bits per heavy atom. The molecule has 4 aromatic rings. The van der Waals surface area contributed by atoms with Gasteiger partial charge in [-0.2, -0.15) is 5.11 Å². The van der Waals surface area contributed by atoms with Crippen molar-refractivity contribution in [2.45, 2.75) is 5.78 Å². The van der Waals surface area contributed by atoms with Crippen molar-refractivity contribution >= 4 is 33.4 Å². The summed E-state index contributed by atoms with van der Waals surface area (Å²) >= 11 is 0. The normalized spacial score (nSPS) is 13.0. The molecule has 0 saturated heterocycles. The molecule has 4 nitrogen and oxygen atoms in total. The first-order valence-electron chi connectivity index (χ1n) is 10.7. The van der Waals surface area contributed by atoms with Crippen molar-refractivity contribution in [2.24, 2.45) is 14.4 Å². The van der Waals surface area contributed by atoms with Crippen LogP contribution >= 0.6 is 7.41 Å². The van der Waals surface area contributed by atoms with Crippen molar-refractivity contribution in [3.63, 3.8) is 0 Å². The molecule has 0 spiro atoms. The summed E-state index contributed by atoms with van der Waals surface area (Å²) in [5, 5.41) is 11.6. The second kappa shape index (κ2) is 10.2. The lowest BCUT2D eigenvalue weighted by Gasteiger charge is -2.27. The number of benzene rings is 4. The Bertz CT molecular complexity index is 1270. The van der Waals surface area contributed by atoms with E-state index in [1.807, 2.05) is 84.9 Å². The van der Waals surface area contributed by atoms with E-state index in [9.17, 15) is 4.21 Å². The van der Waals surface area contributed by atoms with Gasteiger partial charge in [0.2, 0.25) is 13.2 Å². The highest BCUT2D eigenvalue weighted by Crippen LogP contribution is 2.70. The molecular weight excluding hydrogens is 445 g/mol. The molecule has 0 fully saturated rings. The van der Waals surface area contributed by atoms with Crippen molar-refractivity contribution in [1.29, 1.82) is 0 Å². The van der Waals surface area contributed by atoms with Crippen LogP contribution < -0.4 is 10.6 Å². The van der Waals surface area contributed by atoms with Gasteiger partial charge in [0.1, 0.15) is 10.6 Å². The highest BCUT2D eigenvalue weighted by molar-refractivity contribution is 8.01. The van der Waals surface area contributed by atoms with Crippen LogP contribution in [0.1, 0.15) is 11.3 Å². The highest BCUT2D eigenvalue weighted by Gasteiger charge is 2.54. The van der Waals surface area contributed by atoms with Gasteiger partial charge in [0, 0.05) is 18.1 Å². The SMILES string of the molecule is CS(C)(=O)=N[P+](c1ccccc1)(c1ccccc1)[C@H](N=Nc1ccccc1)c1ccccc1. The molecule has 33 heavy (non-hydrogen) atoms. The van der Waals surface area contributed by atoms with E-state index < -0.39 is 22.9 Å². The first kappa shape index (κ1) is 23.0. The van der Waals surface area contributed by atoms with Crippen LogP contribution in [0.3, 0.4) is 0 Å². The Balaban J connectivity index is 2.08. The van der Waals surface area contributed by atoms with E-state index in [-0.39, 0.29) is 0 Å². The monoisotopic (exact) mass is 472 g/mol. The molecule has 4 aromatic carbocycles. The van der Waals surface area contributed by atoms with Crippen LogP contribution in [0.2, 0.25) is 0 Å². The second-order valence-electron chi connectivity index (χ2n) is 7.95. The van der Waals surface area contributed by atoms with Crippen molar-refractivity contribution in [1.82, 2.24) is 0 Å². The maximum Gasteiger partial charge on any atom is 0.239 e. The summed E-state index contributed by atoms with van der Waals surface area (Å²) in [6, 6.07) is 40.1. The first-order chi connectivity index (χ1) is 16.0.